The van der Waals surface area contributed by atoms with Crippen molar-refractivity contribution >= 4 is 44.7 Å². The number of hydrogen-bond acceptors (Lipinski definition) is 5. The van der Waals surface area contributed by atoms with Gasteiger partial charge in [-0.05, 0) is 47.7 Å². The predicted molar refractivity (Wildman–Crippen MR) is 137 cm³/mol. The van der Waals surface area contributed by atoms with Gasteiger partial charge < -0.3 is 9.80 Å². The number of fused-ring (bicyclic) bond motifs is 1. The van der Waals surface area contributed by atoms with Crippen LogP contribution >= 0.6 is 22.9 Å². The first-order valence-electron chi connectivity index (χ1n) is 11.4. The molecule has 0 bridgehead atoms. The van der Waals surface area contributed by atoms with Gasteiger partial charge in [0.05, 0.1) is 11.1 Å². The molecule has 1 aliphatic heterocycles. The Hall–Kier alpha value is -2.70. The van der Waals surface area contributed by atoms with Gasteiger partial charge in [-0.3, -0.25) is 0 Å². The van der Waals surface area contributed by atoms with E-state index >= 15 is 0 Å². The highest BCUT2D eigenvalue weighted by atomic mass is 35.5. The van der Waals surface area contributed by atoms with Crippen molar-refractivity contribution in [1.29, 1.82) is 0 Å². The molecule has 2 aromatic heterocycles. The van der Waals surface area contributed by atoms with E-state index in [9.17, 15) is 4.39 Å². The van der Waals surface area contributed by atoms with Gasteiger partial charge in [0.15, 0.2) is 0 Å². The summed E-state index contributed by atoms with van der Waals surface area (Å²) in [5.41, 5.74) is 4.37. The van der Waals surface area contributed by atoms with Gasteiger partial charge in [0.25, 0.3) is 0 Å². The van der Waals surface area contributed by atoms with E-state index in [-0.39, 0.29) is 11.1 Å². The van der Waals surface area contributed by atoms with E-state index in [0.717, 1.165) is 55.1 Å². The van der Waals surface area contributed by atoms with Crippen molar-refractivity contribution in [1.82, 2.24) is 9.97 Å². The molecule has 0 N–H and O–H groups in total. The molecule has 0 radical (unpaired) electrons. The highest BCUT2D eigenvalue weighted by Crippen LogP contribution is 2.43. The Balaban J connectivity index is 1.54. The molecule has 1 saturated heterocycles. The largest absolute Gasteiger partial charge is 0.366 e. The molecule has 0 atom stereocenters. The fourth-order valence-corrected chi connectivity index (χ4v) is 5.90. The lowest BCUT2D eigenvalue weighted by atomic mass is 10.00. The average Bonchev–Trinajstić information content (AvgIpc) is 3.22. The van der Waals surface area contributed by atoms with Crippen LogP contribution in [0, 0.1) is 5.82 Å². The van der Waals surface area contributed by atoms with Crippen LogP contribution in [0.2, 0.25) is 5.28 Å². The lowest BCUT2D eigenvalue weighted by molar-refractivity contribution is 0.596. The molecule has 1 fully saturated rings. The molecular weight excluding hydrogens is 455 g/mol. The van der Waals surface area contributed by atoms with E-state index in [0.29, 0.717) is 5.69 Å². The summed E-state index contributed by atoms with van der Waals surface area (Å²) in [6, 6.07) is 15.8. The Labute approximate surface area is 202 Å². The smallest absolute Gasteiger partial charge is 0.225 e. The first kappa shape index (κ1) is 22.1. The number of para-hydroxylation sites is 1. The van der Waals surface area contributed by atoms with Gasteiger partial charge >= 0.3 is 0 Å². The first-order chi connectivity index (χ1) is 16.1. The van der Waals surface area contributed by atoms with E-state index in [1.807, 2.05) is 12.1 Å². The Morgan fingerprint density at radius 3 is 2.27 bits per heavy atom. The number of rotatable bonds is 5. The number of halogens is 2. The number of benzene rings is 2. The van der Waals surface area contributed by atoms with Gasteiger partial charge in [0.1, 0.15) is 16.5 Å². The summed E-state index contributed by atoms with van der Waals surface area (Å²) in [5, 5.41) is 1.34. The van der Waals surface area contributed by atoms with Gasteiger partial charge in [-0.1, -0.05) is 50.2 Å². The van der Waals surface area contributed by atoms with Crippen molar-refractivity contribution in [3.63, 3.8) is 0 Å². The van der Waals surface area contributed by atoms with Gasteiger partial charge in [-0.25, -0.2) is 9.37 Å². The number of aryl methyl sites for hydroxylation is 2. The summed E-state index contributed by atoms with van der Waals surface area (Å²) in [4.78, 5) is 15.9. The van der Waals surface area contributed by atoms with Crippen LogP contribution in [-0.4, -0.2) is 36.1 Å². The molecule has 7 heteroatoms. The molecule has 4 aromatic rings. The normalized spacial score (nSPS) is 14.3. The van der Waals surface area contributed by atoms with Crippen LogP contribution in [0.25, 0.3) is 21.3 Å². The standard InChI is InChI=1S/C26H26ClFN4S/c1-3-17-9-11-18(12-10-17)22-21(4-2)33-25-23(22)24(29-26(27)30-25)32-15-13-31(14-16-32)20-8-6-5-7-19(20)28/h5-12H,3-4,13-16H2,1-2H3. The molecule has 0 aliphatic carbocycles. The summed E-state index contributed by atoms with van der Waals surface area (Å²) in [5.74, 6) is 0.699. The minimum atomic E-state index is -0.179. The molecule has 0 saturated carbocycles. The SMILES string of the molecule is CCc1ccc(-c2c(CC)sc3nc(Cl)nc(N4CCN(c5ccccc5F)CC4)c23)cc1. The van der Waals surface area contributed by atoms with E-state index in [2.05, 4.69) is 52.9 Å². The molecule has 170 valence electrons. The number of anilines is 2. The van der Waals surface area contributed by atoms with Crippen molar-refractivity contribution < 1.29 is 4.39 Å². The number of piperazine rings is 1. The summed E-state index contributed by atoms with van der Waals surface area (Å²) < 4.78 is 14.3. The average molecular weight is 481 g/mol. The predicted octanol–water partition coefficient (Wildman–Crippen LogP) is 6.60. The van der Waals surface area contributed by atoms with Crippen LogP contribution in [0.3, 0.4) is 0 Å². The summed E-state index contributed by atoms with van der Waals surface area (Å²) in [7, 11) is 0. The van der Waals surface area contributed by atoms with Gasteiger partial charge in [0.2, 0.25) is 5.28 Å². The molecule has 0 amide bonds. The number of thiophene rings is 1. The van der Waals surface area contributed by atoms with Crippen LogP contribution in [0.15, 0.2) is 48.5 Å². The van der Waals surface area contributed by atoms with E-state index in [1.165, 1.54) is 27.6 Å². The molecule has 0 spiro atoms. The molecule has 1 aliphatic rings. The van der Waals surface area contributed by atoms with E-state index < -0.39 is 0 Å². The van der Waals surface area contributed by atoms with Crippen LogP contribution < -0.4 is 9.80 Å². The third-order valence-electron chi connectivity index (χ3n) is 6.32. The van der Waals surface area contributed by atoms with Crippen molar-refractivity contribution in [2.45, 2.75) is 26.7 Å². The second kappa shape index (κ2) is 9.27. The van der Waals surface area contributed by atoms with Crippen LogP contribution in [0.5, 0.6) is 0 Å². The van der Waals surface area contributed by atoms with Crippen molar-refractivity contribution in [3.8, 4) is 11.1 Å². The molecule has 4 nitrogen and oxygen atoms in total. The monoisotopic (exact) mass is 480 g/mol. The molecule has 5 rings (SSSR count). The summed E-state index contributed by atoms with van der Waals surface area (Å²) >= 11 is 8.07. The van der Waals surface area contributed by atoms with Crippen LogP contribution in [-0.2, 0) is 12.8 Å². The third kappa shape index (κ3) is 4.18. The summed E-state index contributed by atoms with van der Waals surface area (Å²) in [6.07, 6.45) is 1.94. The lowest BCUT2D eigenvalue weighted by Gasteiger charge is -2.37. The Morgan fingerprint density at radius 1 is 0.909 bits per heavy atom. The maximum atomic E-state index is 14.3. The maximum Gasteiger partial charge on any atom is 0.225 e. The van der Waals surface area contributed by atoms with Crippen molar-refractivity contribution in [3.05, 3.63) is 70.1 Å². The van der Waals surface area contributed by atoms with Crippen molar-refractivity contribution in [2.75, 3.05) is 36.0 Å². The van der Waals surface area contributed by atoms with Crippen LogP contribution in [0.1, 0.15) is 24.3 Å². The minimum Gasteiger partial charge on any atom is -0.366 e. The van der Waals surface area contributed by atoms with E-state index in [4.69, 9.17) is 16.6 Å². The highest BCUT2D eigenvalue weighted by Gasteiger charge is 2.26. The molecular formula is C26H26ClFN4S. The van der Waals surface area contributed by atoms with Gasteiger partial charge in [0, 0.05) is 36.6 Å². The number of aromatic nitrogens is 2. The first-order valence-corrected chi connectivity index (χ1v) is 12.6. The summed E-state index contributed by atoms with van der Waals surface area (Å²) in [6.45, 7) is 7.26. The molecule has 3 heterocycles. The second-order valence-electron chi connectivity index (χ2n) is 8.23. The maximum absolute atomic E-state index is 14.3. The quantitative estimate of drug-likeness (QED) is 0.301. The zero-order valence-electron chi connectivity index (χ0n) is 18.8. The van der Waals surface area contributed by atoms with Crippen LogP contribution in [0.4, 0.5) is 15.9 Å². The Morgan fingerprint density at radius 2 is 1.61 bits per heavy atom. The zero-order chi connectivity index (χ0) is 22.9. The Bertz CT molecular complexity index is 1280. The Kier molecular flexibility index (Phi) is 6.21. The van der Waals surface area contributed by atoms with Gasteiger partial charge in [-0.15, -0.1) is 11.3 Å². The number of nitrogens with zero attached hydrogens (tertiary/aromatic N) is 4. The molecule has 2 aromatic carbocycles. The second-order valence-corrected chi connectivity index (χ2v) is 9.65. The highest BCUT2D eigenvalue weighted by molar-refractivity contribution is 7.19. The minimum absolute atomic E-state index is 0.179. The molecule has 33 heavy (non-hydrogen) atoms. The fourth-order valence-electron chi connectivity index (χ4n) is 4.56. The molecule has 0 unspecified atom stereocenters. The third-order valence-corrected chi connectivity index (χ3v) is 7.72. The number of hydrogen-bond donors (Lipinski definition) is 0. The topological polar surface area (TPSA) is 32.3 Å². The fraction of sp³-hybridized carbons (Fsp3) is 0.308. The van der Waals surface area contributed by atoms with Crippen molar-refractivity contribution in [2.24, 2.45) is 0 Å². The van der Waals surface area contributed by atoms with E-state index in [1.54, 1.807) is 17.4 Å². The zero-order valence-corrected chi connectivity index (χ0v) is 20.4. The lowest BCUT2D eigenvalue weighted by Crippen LogP contribution is -2.47. The van der Waals surface area contributed by atoms with Gasteiger partial charge in [-0.2, -0.15) is 4.98 Å².